The van der Waals surface area contributed by atoms with Crippen molar-refractivity contribution in [3.05, 3.63) is 34.3 Å². The molecule has 0 spiro atoms. The first-order chi connectivity index (χ1) is 9.15. The van der Waals surface area contributed by atoms with Gasteiger partial charge in [0, 0.05) is 29.8 Å². The summed E-state index contributed by atoms with van der Waals surface area (Å²) in [6.07, 6.45) is 3.38. The number of carbonyl (C=O) groups excluding carboxylic acids is 2. The standard InChI is InChI=1S/C15H18BrNO2/c16-13-5-1-11(2-6-13)9-10-17-15(19)12-3-7-14(18)8-4-12/h1-2,5-6,12H,3-4,7-10H2,(H,17,19). The lowest BCUT2D eigenvalue weighted by Gasteiger charge is -2.20. The van der Waals surface area contributed by atoms with E-state index in [0.29, 0.717) is 38.0 Å². The molecule has 19 heavy (non-hydrogen) atoms. The molecule has 0 bridgehead atoms. The molecule has 1 N–H and O–H groups in total. The van der Waals surface area contributed by atoms with Crippen molar-refractivity contribution >= 4 is 27.6 Å². The van der Waals surface area contributed by atoms with Gasteiger partial charge in [0.25, 0.3) is 0 Å². The zero-order valence-electron chi connectivity index (χ0n) is 10.8. The third kappa shape index (κ3) is 4.46. The number of amides is 1. The number of carbonyl (C=O) groups is 2. The largest absolute Gasteiger partial charge is 0.356 e. The highest BCUT2D eigenvalue weighted by atomic mass is 79.9. The van der Waals surface area contributed by atoms with Gasteiger partial charge in [0.05, 0.1) is 0 Å². The zero-order chi connectivity index (χ0) is 13.7. The van der Waals surface area contributed by atoms with Crippen molar-refractivity contribution in [3.8, 4) is 0 Å². The van der Waals surface area contributed by atoms with E-state index in [4.69, 9.17) is 0 Å². The molecule has 0 aliphatic heterocycles. The Morgan fingerprint density at radius 2 is 1.84 bits per heavy atom. The predicted octanol–water partition coefficient (Wildman–Crippen LogP) is 2.87. The SMILES string of the molecule is O=C1CCC(C(=O)NCCc2ccc(Br)cc2)CC1. The minimum absolute atomic E-state index is 0.0302. The van der Waals surface area contributed by atoms with Crippen LogP contribution in [0.2, 0.25) is 0 Å². The molecule has 0 unspecified atom stereocenters. The molecule has 102 valence electrons. The van der Waals surface area contributed by atoms with E-state index in [1.165, 1.54) is 5.56 Å². The van der Waals surface area contributed by atoms with Crippen molar-refractivity contribution in [2.75, 3.05) is 6.54 Å². The van der Waals surface area contributed by atoms with Crippen LogP contribution < -0.4 is 5.32 Å². The quantitative estimate of drug-likeness (QED) is 0.926. The summed E-state index contributed by atoms with van der Waals surface area (Å²) in [4.78, 5) is 23.0. The van der Waals surface area contributed by atoms with Crippen molar-refractivity contribution in [1.82, 2.24) is 5.32 Å². The fraction of sp³-hybridized carbons (Fsp3) is 0.467. The van der Waals surface area contributed by atoms with Gasteiger partial charge < -0.3 is 5.32 Å². The van der Waals surface area contributed by atoms with Gasteiger partial charge in [-0.15, -0.1) is 0 Å². The molecule has 3 nitrogen and oxygen atoms in total. The molecular formula is C15H18BrNO2. The van der Waals surface area contributed by atoms with Crippen LogP contribution in [-0.4, -0.2) is 18.2 Å². The van der Waals surface area contributed by atoms with Crippen LogP contribution in [0.4, 0.5) is 0 Å². The van der Waals surface area contributed by atoms with Gasteiger partial charge in [-0.2, -0.15) is 0 Å². The second kappa shape index (κ2) is 6.85. The Morgan fingerprint density at radius 1 is 1.21 bits per heavy atom. The second-order valence-electron chi connectivity index (χ2n) is 4.98. The fourth-order valence-corrected chi connectivity index (χ4v) is 2.59. The topological polar surface area (TPSA) is 46.2 Å². The summed E-state index contributed by atoms with van der Waals surface area (Å²) >= 11 is 3.40. The highest BCUT2D eigenvalue weighted by Crippen LogP contribution is 2.21. The first kappa shape index (κ1) is 14.3. The molecule has 1 aliphatic rings. The maximum Gasteiger partial charge on any atom is 0.223 e. The zero-order valence-corrected chi connectivity index (χ0v) is 12.4. The van der Waals surface area contributed by atoms with Gasteiger partial charge in [0.15, 0.2) is 0 Å². The molecule has 1 fully saturated rings. The molecule has 4 heteroatoms. The number of ketones is 1. The Balaban J connectivity index is 1.72. The molecule has 0 saturated heterocycles. The number of hydrogen-bond acceptors (Lipinski definition) is 2. The van der Waals surface area contributed by atoms with E-state index in [1.54, 1.807) is 0 Å². The highest BCUT2D eigenvalue weighted by molar-refractivity contribution is 9.10. The number of hydrogen-bond donors (Lipinski definition) is 1. The van der Waals surface area contributed by atoms with E-state index in [2.05, 4.69) is 33.4 Å². The van der Waals surface area contributed by atoms with Crippen LogP contribution in [0.3, 0.4) is 0 Å². The van der Waals surface area contributed by atoms with Gasteiger partial charge in [-0.3, -0.25) is 9.59 Å². The number of nitrogens with one attached hydrogen (secondary N) is 1. The Kier molecular flexibility index (Phi) is 5.14. The lowest BCUT2D eigenvalue weighted by molar-refractivity contribution is -0.128. The predicted molar refractivity (Wildman–Crippen MR) is 77.8 cm³/mol. The van der Waals surface area contributed by atoms with Gasteiger partial charge in [0.2, 0.25) is 5.91 Å². The summed E-state index contributed by atoms with van der Waals surface area (Å²) in [7, 11) is 0. The molecule has 2 rings (SSSR count). The molecule has 0 atom stereocenters. The third-order valence-corrected chi connectivity index (χ3v) is 4.07. The second-order valence-corrected chi connectivity index (χ2v) is 5.90. The average molecular weight is 324 g/mol. The van der Waals surface area contributed by atoms with Crippen LogP contribution in [0.1, 0.15) is 31.2 Å². The minimum atomic E-state index is 0.0302. The summed E-state index contributed by atoms with van der Waals surface area (Å²) < 4.78 is 1.06. The monoisotopic (exact) mass is 323 g/mol. The molecule has 1 aromatic carbocycles. The maximum absolute atomic E-state index is 11.9. The van der Waals surface area contributed by atoms with Crippen molar-refractivity contribution in [2.24, 2.45) is 5.92 Å². The summed E-state index contributed by atoms with van der Waals surface area (Å²) in [6, 6.07) is 8.11. The maximum atomic E-state index is 11.9. The van der Waals surface area contributed by atoms with E-state index in [0.717, 1.165) is 10.9 Å². The van der Waals surface area contributed by atoms with Crippen molar-refractivity contribution in [2.45, 2.75) is 32.1 Å². The molecule has 1 aliphatic carbocycles. The van der Waals surface area contributed by atoms with Crippen LogP contribution in [0.5, 0.6) is 0 Å². The van der Waals surface area contributed by atoms with Crippen LogP contribution in [-0.2, 0) is 16.0 Å². The highest BCUT2D eigenvalue weighted by Gasteiger charge is 2.24. The van der Waals surface area contributed by atoms with Crippen molar-refractivity contribution in [1.29, 1.82) is 0 Å². The smallest absolute Gasteiger partial charge is 0.223 e. The Bertz CT molecular complexity index is 446. The van der Waals surface area contributed by atoms with E-state index >= 15 is 0 Å². The molecule has 1 amide bonds. The van der Waals surface area contributed by atoms with Gasteiger partial charge in [-0.05, 0) is 37.0 Å². The van der Waals surface area contributed by atoms with Crippen LogP contribution in [0.15, 0.2) is 28.7 Å². The van der Waals surface area contributed by atoms with E-state index in [9.17, 15) is 9.59 Å². The van der Waals surface area contributed by atoms with E-state index in [1.807, 2.05) is 12.1 Å². The van der Waals surface area contributed by atoms with Crippen LogP contribution in [0, 0.1) is 5.92 Å². The van der Waals surface area contributed by atoms with Crippen molar-refractivity contribution < 1.29 is 9.59 Å². The molecule has 0 heterocycles. The van der Waals surface area contributed by atoms with E-state index < -0.39 is 0 Å². The first-order valence-corrected chi connectivity index (χ1v) is 7.48. The number of benzene rings is 1. The lowest BCUT2D eigenvalue weighted by atomic mass is 9.88. The van der Waals surface area contributed by atoms with Crippen LogP contribution in [0.25, 0.3) is 0 Å². The Labute approximate surface area is 121 Å². The van der Waals surface area contributed by atoms with Gasteiger partial charge in [0.1, 0.15) is 5.78 Å². The Morgan fingerprint density at radius 3 is 2.47 bits per heavy atom. The minimum Gasteiger partial charge on any atom is -0.356 e. The molecule has 0 radical (unpaired) electrons. The van der Waals surface area contributed by atoms with Gasteiger partial charge >= 0.3 is 0 Å². The third-order valence-electron chi connectivity index (χ3n) is 3.54. The summed E-state index contributed by atoms with van der Waals surface area (Å²) in [5.74, 6) is 0.422. The molecular weight excluding hydrogens is 306 g/mol. The number of rotatable bonds is 4. The normalized spacial score (nSPS) is 16.4. The van der Waals surface area contributed by atoms with Crippen LogP contribution >= 0.6 is 15.9 Å². The van der Waals surface area contributed by atoms with Gasteiger partial charge in [-0.25, -0.2) is 0 Å². The average Bonchev–Trinajstić information content (AvgIpc) is 2.41. The lowest BCUT2D eigenvalue weighted by Crippen LogP contribution is -2.34. The van der Waals surface area contributed by atoms with Gasteiger partial charge in [-0.1, -0.05) is 28.1 Å². The number of Topliss-reactive ketones (excluding diaryl/α,β-unsaturated/α-hetero) is 1. The summed E-state index contributed by atoms with van der Waals surface area (Å²) in [5, 5.41) is 2.97. The van der Waals surface area contributed by atoms with Crippen molar-refractivity contribution in [3.63, 3.8) is 0 Å². The molecule has 1 aromatic rings. The number of halogens is 1. The first-order valence-electron chi connectivity index (χ1n) is 6.69. The Hall–Kier alpha value is -1.16. The molecule has 0 aromatic heterocycles. The van der Waals surface area contributed by atoms with E-state index in [-0.39, 0.29) is 11.8 Å². The fourth-order valence-electron chi connectivity index (χ4n) is 2.33. The summed E-state index contributed by atoms with van der Waals surface area (Å²) in [6.45, 7) is 0.658. The molecule has 1 saturated carbocycles. The summed E-state index contributed by atoms with van der Waals surface area (Å²) in [5.41, 5.74) is 1.21.